The monoisotopic (exact) mass is 644 g/mol. The molecule has 0 saturated carbocycles. The van der Waals surface area contributed by atoms with E-state index in [1.807, 2.05) is 0 Å². The molecule has 0 aromatic carbocycles. The van der Waals surface area contributed by atoms with Crippen molar-refractivity contribution >= 4 is 30.1 Å². The summed E-state index contributed by atoms with van der Waals surface area (Å²) in [5.41, 5.74) is -4.04. The first-order valence-corrected chi connectivity index (χ1v) is 15.3. The van der Waals surface area contributed by atoms with Gasteiger partial charge >= 0.3 is 30.1 Å². The van der Waals surface area contributed by atoms with Gasteiger partial charge in [0.15, 0.2) is 0 Å². The lowest BCUT2D eigenvalue weighted by Crippen LogP contribution is -2.64. The Kier molecular flexibility index (Phi) is 12.9. The molecular formula is C32H56N2O11. The smallest absolute Gasteiger partial charge is 0.410 e. The molecule has 2 aliphatic heterocycles. The summed E-state index contributed by atoms with van der Waals surface area (Å²) in [7, 11) is 0. The summed E-state index contributed by atoms with van der Waals surface area (Å²) in [6, 6.07) is 0. The van der Waals surface area contributed by atoms with E-state index >= 15 is 0 Å². The second kappa shape index (κ2) is 14.6. The van der Waals surface area contributed by atoms with Gasteiger partial charge < -0.3 is 38.6 Å². The highest BCUT2D eigenvalue weighted by Gasteiger charge is 2.55. The molecule has 2 saturated heterocycles. The Bertz CT molecular complexity index is 1060. The van der Waals surface area contributed by atoms with E-state index < -0.39 is 57.4 Å². The Hall–Kier alpha value is -3.09. The molecule has 0 aromatic rings. The van der Waals surface area contributed by atoms with Gasteiger partial charge in [-0.15, -0.1) is 0 Å². The molecule has 2 fully saturated rings. The maximum atomic E-state index is 12.3. The average molecular weight is 645 g/mol. The summed E-state index contributed by atoms with van der Waals surface area (Å²) in [6.07, 6.45) is -0.954. The fourth-order valence-corrected chi connectivity index (χ4v) is 4.56. The van der Waals surface area contributed by atoms with Crippen LogP contribution in [-0.2, 0) is 38.1 Å². The van der Waals surface area contributed by atoms with E-state index in [-0.39, 0.29) is 45.1 Å². The van der Waals surface area contributed by atoms with Crippen molar-refractivity contribution < 1.29 is 52.8 Å². The quantitative estimate of drug-likeness (QED) is 0.308. The molecule has 260 valence electrons. The predicted octanol–water partition coefficient (Wildman–Crippen LogP) is 4.47. The van der Waals surface area contributed by atoms with Crippen molar-refractivity contribution in [3.8, 4) is 0 Å². The number of hydrogen-bond acceptors (Lipinski definition) is 11. The summed E-state index contributed by atoms with van der Waals surface area (Å²) in [6.45, 7) is 23.9. The third-order valence-electron chi connectivity index (χ3n) is 6.23. The zero-order valence-electron chi connectivity index (χ0n) is 29.6. The fourth-order valence-electron chi connectivity index (χ4n) is 4.56. The summed E-state index contributed by atoms with van der Waals surface area (Å²) >= 11 is 0. The van der Waals surface area contributed by atoms with Gasteiger partial charge in [-0.3, -0.25) is 14.4 Å². The van der Waals surface area contributed by atoms with Crippen molar-refractivity contribution in [1.29, 1.82) is 0 Å². The highest BCUT2D eigenvalue weighted by molar-refractivity contribution is 5.87. The lowest BCUT2D eigenvalue weighted by Gasteiger charge is -2.48. The Morgan fingerprint density at radius 3 is 1.29 bits per heavy atom. The van der Waals surface area contributed by atoms with Crippen LogP contribution in [-0.4, -0.2) is 107 Å². The normalized spacial score (nSPS) is 17.4. The molecule has 2 heterocycles. The van der Waals surface area contributed by atoms with Crippen molar-refractivity contribution in [2.75, 3.05) is 39.4 Å². The molecule has 0 atom stereocenters. The minimum absolute atomic E-state index is 0.0833. The second-order valence-corrected chi connectivity index (χ2v) is 15.9. The molecule has 2 rings (SSSR count). The summed E-state index contributed by atoms with van der Waals surface area (Å²) in [5.74, 6) is -1.34. The highest BCUT2D eigenvalue weighted by atomic mass is 16.6. The van der Waals surface area contributed by atoms with Gasteiger partial charge in [-0.1, -0.05) is 0 Å². The number of carbonyl (C=O) groups excluding carboxylic acids is 5. The molecule has 13 nitrogen and oxygen atoms in total. The van der Waals surface area contributed by atoms with E-state index in [4.69, 9.17) is 23.7 Å². The summed E-state index contributed by atoms with van der Waals surface area (Å²) in [5, 5.41) is 9.53. The molecule has 1 N–H and O–H groups in total. The standard InChI is InChI=1S/C17H29NO6.C15H27NO5/c1-8-22-13(20)17(9-12(19)23-15(2,3)4)10-18(11-17)14(21)24-16(5,6)7;1-13(2,3)20-11(18)7-15(10-17)8-16(9-15)12(19)21-14(4,5)6/h8-11H2,1-7H3;17H,7-10H2,1-6H3. The van der Waals surface area contributed by atoms with Gasteiger partial charge in [0.05, 0.1) is 26.1 Å². The largest absolute Gasteiger partial charge is 0.465 e. The number of ether oxygens (including phenoxy) is 5. The van der Waals surface area contributed by atoms with Crippen LogP contribution < -0.4 is 0 Å². The maximum absolute atomic E-state index is 12.3. The van der Waals surface area contributed by atoms with Crippen molar-refractivity contribution in [3.05, 3.63) is 0 Å². The van der Waals surface area contributed by atoms with E-state index in [1.54, 1.807) is 90.0 Å². The maximum Gasteiger partial charge on any atom is 0.410 e. The molecule has 0 spiro atoms. The molecule has 13 heteroatoms. The van der Waals surface area contributed by atoms with Crippen molar-refractivity contribution in [2.24, 2.45) is 10.8 Å². The van der Waals surface area contributed by atoms with E-state index in [1.165, 1.54) is 9.80 Å². The van der Waals surface area contributed by atoms with Crippen LogP contribution >= 0.6 is 0 Å². The Balaban J connectivity index is 0.000000454. The number of hydrogen-bond donors (Lipinski definition) is 1. The van der Waals surface area contributed by atoms with Crippen molar-refractivity contribution in [3.63, 3.8) is 0 Å². The number of aliphatic hydroxyl groups is 1. The van der Waals surface area contributed by atoms with E-state index in [0.717, 1.165) is 0 Å². The number of rotatable bonds is 7. The number of esters is 3. The first kappa shape index (κ1) is 39.9. The number of aliphatic hydroxyl groups excluding tert-OH is 1. The molecule has 2 aliphatic rings. The highest BCUT2D eigenvalue weighted by Crippen LogP contribution is 2.38. The van der Waals surface area contributed by atoms with Crippen molar-refractivity contribution in [2.45, 2.75) is 125 Å². The number of carbonyl (C=O) groups is 5. The SMILES string of the molecule is CC(C)(C)OC(=O)CC1(CO)CN(C(=O)OC(C)(C)C)C1.CCOC(=O)C1(CC(=O)OC(C)(C)C)CN(C(=O)OC(C)(C)C)C1. The zero-order chi connectivity index (χ0) is 35.2. The van der Waals surface area contributed by atoms with Gasteiger partial charge in [-0.2, -0.15) is 0 Å². The van der Waals surface area contributed by atoms with Gasteiger partial charge in [0.1, 0.15) is 27.8 Å². The van der Waals surface area contributed by atoms with Gasteiger partial charge in [-0.25, -0.2) is 9.59 Å². The predicted molar refractivity (Wildman–Crippen MR) is 165 cm³/mol. The molecular weight excluding hydrogens is 588 g/mol. The van der Waals surface area contributed by atoms with Gasteiger partial charge in [0, 0.05) is 31.6 Å². The third kappa shape index (κ3) is 13.8. The minimum atomic E-state index is -1.06. The van der Waals surface area contributed by atoms with E-state index in [0.29, 0.717) is 13.1 Å². The Morgan fingerprint density at radius 2 is 0.956 bits per heavy atom. The molecule has 0 unspecified atom stereocenters. The van der Waals surface area contributed by atoms with Crippen LogP contribution in [0.4, 0.5) is 9.59 Å². The lowest BCUT2D eigenvalue weighted by molar-refractivity contribution is -0.177. The molecule has 45 heavy (non-hydrogen) atoms. The minimum Gasteiger partial charge on any atom is -0.465 e. The van der Waals surface area contributed by atoms with E-state index in [2.05, 4.69) is 0 Å². The zero-order valence-corrected chi connectivity index (χ0v) is 29.6. The van der Waals surface area contributed by atoms with Crippen LogP contribution in [0.25, 0.3) is 0 Å². The molecule has 2 amide bonds. The first-order chi connectivity index (χ1) is 20.1. The fraction of sp³-hybridized carbons (Fsp3) is 0.844. The van der Waals surface area contributed by atoms with E-state index in [9.17, 15) is 29.1 Å². The first-order valence-electron chi connectivity index (χ1n) is 15.3. The van der Waals surface area contributed by atoms with Gasteiger partial charge in [0.2, 0.25) is 0 Å². The Labute approximate surface area is 268 Å². The van der Waals surface area contributed by atoms with Crippen LogP contribution in [0.15, 0.2) is 0 Å². The second-order valence-electron chi connectivity index (χ2n) is 15.9. The molecule has 0 aromatic heterocycles. The summed E-state index contributed by atoms with van der Waals surface area (Å²) in [4.78, 5) is 63.1. The number of likely N-dealkylation sites (tertiary alicyclic amines) is 2. The van der Waals surface area contributed by atoms with Gasteiger partial charge in [0.25, 0.3) is 0 Å². The van der Waals surface area contributed by atoms with Crippen molar-refractivity contribution in [1.82, 2.24) is 9.80 Å². The van der Waals surface area contributed by atoms with Crippen LogP contribution in [0.2, 0.25) is 0 Å². The van der Waals surface area contributed by atoms with Crippen LogP contribution in [0, 0.1) is 10.8 Å². The van der Waals surface area contributed by atoms with Crippen LogP contribution in [0.5, 0.6) is 0 Å². The topological polar surface area (TPSA) is 158 Å². The molecule has 0 aliphatic carbocycles. The van der Waals surface area contributed by atoms with Crippen LogP contribution in [0.1, 0.15) is 103 Å². The Morgan fingerprint density at radius 1 is 0.600 bits per heavy atom. The molecule has 0 radical (unpaired) electrons. The lowest BCUT2D eigenvalue weighted by atomic mass is 9.77. The average Bonchev–Trinajstić information content (AvgIpc) is 2.73. The van der Waals surface area contributed by atoms with Crippen LogP contribution in [0.3, 0.4) is 0 Å². The van der Waals surface area contributed by atoms with Gasteiger partial charge in [-0.05, 0) is 90.0 Å². The summed E-state index contributed by atoms with van der Waals surface area (Å²) < 4.78 is 26.2. The number of amides is 2. The molecule has 0 bridgehead atoms. The number of nitrogens with zero attached hydrogens (tertiary/aromatic N) is 2. The third-order valence-corrected chi connectivity index (χ3v) is 6.23.